The molecule has 106 valence electrons. The lowest BCUT2D eigenvalue weighted by Crippen LogP contribution is -2.46. The number of benzene rings is 1. The molecule has 0 aliphatic heterocycles. The zero-order chi connectivity index (χ0) is 13.9. The van der Waals surface area contributed by atoms with E-state index in [2.05, 4.69) is 38.2 Å². The smallest absolute Gasteiger partial charge is 0.0510 e. The average molecular weight is 279 g/mol. The van der Waals surface area contributed by atoms with Crippen molar-refractivity contribution in [2.75, 3.05) is 6.54 Å². The molecule has 0 radical (unpaired) electrons. The van der Waals surface area contributed by atoms with Crippen LogP contribution in [0.5, 0.6) is 0 Å². The van der Waals surface area contributed by atoms with Crippen LogP contribution in [0.2, 0.25) is 0 Å². The maximum absolute atomic E-state index is 12.7. The molecule has 3 unspecified atom stereocenters. The SMILES string of the molecule is CCNC1C(S(=O)Cc2ccccc2)CCC1(C)C. The summed E-state index contributed by atoms with van der Waals surface area (Å²) in [6, 6.07) is 10.6. The first kappa shape index (κ1) is 14.7. The molecule has 19 heavy (non-hydrogen) atoms. The van der Waals surface area contributed by atoms with Crippen molar-refractivity contribution in [3.8, 4) is 0 Å². The van der Waals surface area contributed by atoms with Crippen molar-refractivity contribution >= 4 is 10.8 Å². The summed E-state index contributed by atoms with van der Waals surface area (Å²) in [5.74, 6) is 0.684. The fourth-order valence-corrected chi connectivity index (χ4v) is 4.98. The van der Waals surface area contributed by atoms with Crippen molar-refractivity contribution in [3.05, 3.63) is 35.9 Å². The third kappa shape index (κ3) is 3.46. The highest BCUT2D eigenvalue weighted by Crippen LogP contribution is 2.40. The maximum Gasteiger partial charge on any atom is 0.0510 e. The standard InChI is InChI=1S/C16H25NOS/c1-4-17-15-14(10-11-16(15,2)3)19(18)12-13-8-6-5-7-9-13/h5-9,14-15,17H,4,10-12H2,1-3H3. The molecule has 0 heterocycles. The van der Waals surface area contributed by atoms with Gasteiger partial charge in [0, 0.05) is 22.6 Å². The van der Waals surface area contributed by atoms with Crippen LogP contribution in [0, 0.1) is 5.41 Å². The van der Waals surface area contributed by atoms with Gasteiger partial charge in [0.05, 0.1) is 5.25 Å². The normalized spacial score (nSPS) is 27.3. The van der Waals surface area contributed by atoms with Crippen LogP contribution in [0.15, 0.2) is 30.3 Å². The zero-order valence-corrected chi connectivity index (χ0v) is 13.0. The number of hydrogen-bond donors (Lipinski definition) is 1. The Balaban J connectivity index is 2.06. The van der Waals surface area contributed by atoms with E-state index in [4.69, 9.17) is 0 Å². The van der Waals surface area contributed by atoms with E-state index in [0.29, 0.717) is 11.8 Å². The summed E-state index contributed by atoms with van der Waals surface area (Å²) in [5.41, 5.74) is 1.44. The summed E-state index contributed by atoms with van der Waals surface area (Å²) in [5, 5.41) is 3.85. The van der Waals surface area contributed by atoms with Gasteiger partial charge < -0.3 is 5.32 Å². The van der Waals surface area contributed by atoms with Crippen molar-refractivity contribution in [2.24, 2.45) is 5.41 Å². The molecule has 0 amide bonds. The Morgan fingerprint density at radius 1 is 1.32 bits per heavy atom. The Hall–Kier alpha value is -0.670. The fourth-order valence-electron chi connectivity index (χ4n) is 3.10. The highest BCUT2D eigenvalue weighted by atomic mass is 32.2. The Morgan fingerprint density at radius 3 is 2.63 bits per heavy atom. The Bertz CT molecular complexity index is 430. The highest BCUT2D eigenvalue weighted by molar-refractivity contribution is 7.84. The maximum atomic E-state index is 12.7. The first-order valence-electron chi connectivity index (χ1n) is 7.19. The lowest BCUT2D eigenvalue weighted by Gasteiger charge is -2.31. The molecule has 1 aromatic carbocycles. The minimum atomic E-state index is -0.787. The second-order valence-corrected chi connectivity index (χ2v) is 7.77. The van der Waals surface area contributed by atoms with E-state index in [1.165, 1.54) is 5.56 Å². The fraction of sp³-hybridized carbons (Fsp3) is 0.625. The molecule has 1 aliphatic carbocycles. The van der Waals surface area contributed by atoms with E-state index < -0.39 is 10.8 Å². The zero-order valence-electron chi connectivity index (χ0n) is 12.2. The second kappa shape index (κ2) is 6.19. The molecule has 2 rings (SSSR count). The van der Waals surface area contributed by atoms with Gasteiger partial charge >= 0.3 is 0 Å². The molecule has 1 saturated carbocycles. The van der Waals surface area contributed by atoms with E-state index in [-0.39, 0.29) is 10.7 Å². The van der Waals surface area contributed by atoms with E-state index in [0.717, 1.165) is 19.4 Å². The monoisotopic (exact) mass is 279 g/mol. The van der Waals surface area contributed by atoms with Gasteiger partial charge in [-0.2, -0.15) is 0 Å². The number of nitrogens with one attached hydrogen (secondary N) is 1. The van der Waals surface area contributed by atoms with Gasteiger partial charge in [0.2, 0.25) is 0 Å². The van der Waals surface area contributed by atoms with Gasteiger partial charge in [-0.1, -0.05) is 51.1 Å². The molecule has 2 nitrogen and oxygen atoms in total. The van der Waals surface area contributed by atoms with E-state index >= 15 is 0 Å². The largest absolute Gasteiger partial charge is 0.313 e. The molecule has 3 atom stereocenters. The lowest BCUT2D eigenvalue weighted by atomic mass is 9.87. The summed E-state index contributed by atoms with van der Waals surface area (Å²) in [4.78, 5) is 0. The van der Waals surface area contributed by atoms with Crippen LogP contribution in [0.3, 0.4) is 0 Å². The number of hydrogen-bond acceptors (Lipinski definition) is 2. The molecular weight excluding hydrogens is 254 g/mol. The Labute approximate surface area is 119 Å². The summed E-state index contributed by atoms with van der Waals surface area (Å²) in [6.45, 7) is 7.67. The van der Waals surface area contributed by atoms with Gasteiger partial charge in [0.15, 0.2) is 0 Å². The van der Waals surface area contributed by atoms with Crippen molar-refractivity contribution in [1.29, 1.82) is 0 Å². The van der Waals surface area contributed by atoms with E-state index in [1.54, 1.807) is 0 Å². The van der Waals surface area contributed by atoms with Crippen LogP contribution in [0.4, 0.5) is 0 Å². The van der Waals surface area contributed by atoms with Gasteiger partial charge in [-0.15, -0.1) is 0 Å². The molecule has 1 N–H and O–H groups in total. The van der Waals surface area contributed by atoms with Crippen LogP contribution in [-0.2, 0) is 16.6 Å². The summed E-state index contributed by atoms with van der Waals surface area (Å²) < 4.78 is 12.7. The van der Waals surface area contributed by atoms with E-state index in [1.807, 2.05) is 18.2 Å². The molecule has 0 aromatic heterocycles. The molecule has 1 fully saturated rings. The van der Waals surface area contributed by atoms with Crippen LogP contribution in [-0.4, -0.2) is 22.0 Å². The molecule has 3 heteroatoms. The molecule has 0 saturated heterocycles. The first-order chi connectivity index (χ1) is 9.04. The predicted molar refractivity (Wildman–Crippen MR) is 82.6 cm³/mol. The molecular formula is C16H25NOS. The van der Waals surface area contributed by atoms with Crippen molar-refractivity contribution in [1.82, 2.24) is 5.32 Å². The number of rotatable bonds is 5. The summed E-state index contributed by atoms with van der Waals surface area (Å²) >= 11 is 0. The van der Waals surface area contributed by atoms with Crippen LogP contribution in [0.1, 0.15) is 39.2 Å². The van der Waals surface area contributed by atoms with Gasteiger partial charge in [-0.05, 0) is 30.4 Å². The third-order valence-electron chi connectivity index (χ3n) is 4.20. The van der Waals surface area contributed by atoms with Gasteiger partial charge in [0.25, 0.3) is 0 Å². The molecule has 1 aromatic rings. The predicted octanol–water partition coefficient (Wildman–Crippen LogP) is 3.10. The minimum absolute atomic E-state index is 0.257. The van der Waals surface area contributed by atoms with Crippen molar-refractivity contribution in [2.45, 2.75) is 50.7 Å². The quantitative estimate of drug-likeness (QED) is 0.897. The lowest BCUT2D eigenvalue weighted by molar-refractivity contribution is 0.289. The first-order valence-corrected chi connectivity index (χ1v) is 8.57. The highest BCUT2D eigenvalue weighted by Gasteiger charge is 2.43. The van der Waals surface area contributed by atoms with Crippen LogP contribution in [0.25, 0.3) is 0 Å². The Morgan fingerprint density at radius 2 is 2.00 bits per heavy atom. The average Bonchev–Trinajstić information content (AvgIpc) is 2.67. The topological polar surface area (TPSA) is 29.1 Å². The van der Waals surface area contributed by atoms with Crippen LogP contribution < -0.4 is 5.32 Å². The second-order valence-electron chi connectivity index (χ2n) is 6.11. The Kier molecular flexibility index (Phi) is 4.80. The van der Waals surface area contributed by atoms with Crippen LogP contribution >= 0.6 is 0 Å². The molecule has 1 aliphatic rings. The molecule has 0 spiro atoms. The van der Waals surface area contributed by atoms with Crippen molar-refractivity contribution < 1.29 is 4.21 Å². The minimum Gasteiger partial charge on any atom is -0.313 e. The molecule has 0 bridgehead atoms. The third-order valence-corrected chi connectivity index (χ3v) is 6.00. The van der Waals surface area contributed by atoms with Gasteiger partial charge in [-0.25, -0.2) is 0 Å². The van der Waals surface area contributed by atoms with Gasteiger partial charge in [0.1, 0.15) is 0 Å². The van der Waals surface area contributed by atoms with Crippen molar-refractivity contribution in [3.63, 3.8) is 0 Å². The summed E-state index contributed by atoms with van der Waals surface area (Å²) in [6.07, 6.45) is 2.24. The van der Waals surface area contributed by atoms with Gasteiger partial charge in [-0.3, -0.25) is 4.21 Å². The van der Waals surface area contributed by atoms with E-state index in [9.17, 15) is 4.21 Å². The summed E-state index contributed by atoms with van der Waals surface area (Å²) in [7, 11) is -0.787.